The Bertz CT molecular complexity index is 982. The number of aryl methyl sites for hydroxylation is 1. The van der Waals surface area contributed by atoms with Crippen LogP contribution in [0.25, 0.3) is 5.69 Å². The fourth-order valence-electron chi connectivity index (χ4n) is 2.61. The SMILES string of the molecule is COc1cc(Cl)c(C)cc1NC(=O)COC(=O)c1ccc(-n2cccc2)cc1. The summed E-state index contributed by atoms with van der Waals surface area (Å²) in [6, 6.07) is 14.1. The van der Waals surface area contributed by atoms with E-state index in [1.165, 1.54) is 7.11 Å². The number of nitrogens with zero attached hydrogens (tertiary/aromatic N) is 1. The first kappa shape index (κ1) is 19.5. The molecule has 0 radical (unpaired) electrons. The average Bonchev–Trinajstić information content (AvgIpc) is 3.23. The number of amides is 1. The number of ether oxygens (including phenoxy) is 2. The normalized spacial score (nSPS) is 10.4. The van der Waals surface area contributed by atoms with Gasteiger partial charge in [-0.25, -0.2) is 4.79 Å². The van der Waals surface area contributed by atoms with Crippen molar-refractivity contribution in [3.05, 3.63) is 77.1 Å². The van der Waals surface area contributed by atoms with Crippen LogP contribution in [0.1, 0.15) is 15.9 Å². The number of anilines is 1. The van der Waals surface area contributed by atoms with Crippen LogP contribution in [0.5, 0.6) is 5.75 Å². The van der Waals surface area contributed by atoms with Gasteiger partial charge in [0.05, 0.1) is 18.4 Å². The van der Waals surface area contributed by atoms with Gasteiger partial charge >= 0.3 is 5.97 Å². The van der Waals surface area contributed by atoms with Gasteiger partial charge < -0.3 is 19.4 Å². The summed E-state index contributed by atoms with van der Waals surface area (Å²) in [5.41, 5.74) is 2.53. The fraction of sp³-hybridized carbons (Fsp3) is 0.143. The molecule has 0 saturated heterocycles. The number of aromatic nitrogens is 1. The number of hydrogen-bond donors (Lipinski definition) is 1. The number of hydrogen-bond acceptors (Lipinski definition) is 4. The molecular formula is C21H19ClN2O4. The molecule has 2 aromatic carbocycles. The summed E-state index contributed by atoms with van der Waals surface area (Å²) in [4.78, 5) is 24.3. The number of rotatable bonds is 6. The van der Waals surface area contributed by atoms with E-state index in [0.29, 0.717) is 22.0 Å². The molecule has 0 aliphatic heterocycles. The Kier molecular flexibility index (Phi) is 6.01. The van der Waals surface area contributed by atoms with Crippen molar-refractivity contribution in [2.45, 2.75) is 6.92 Å². The number of carbonyl (C=O) groups is 2. The molecular weight excluding hydrogens is 380 g/mol. The molecule has 144 valence electrons. The predicted molar refractivity (Wildman–Crippen MR) is 107 cm³/mol. The fourth-order valence-corrected chi connectivity index (χ4v) is 2.76. The minimum atomic E-state index is -0.576. The highest BCUT2D eigenvalue weighted by atomic mass is 35.5. The molecule has 1 aromatic heterocycles. The first-order chi connectivity index (χ1) is 13.5. The minimum absolute atomic E-state index is 0.364. The van der Waals surface area contributed by atoms with Crippen LogP contribution in [0, 0.1) is 6.92 Å². The molecule has 28 heavy (non-hydrogen) atoms. The smallest absolute Gasteiger partial charge is 0.338 e. The Balaban J connectivity index is 1.59. The lowest BCUT2D eigenvalue weighted by Crippen LogP contribution is -2.21. The zero-order valence-electron chi connectivity index (χ0n) is 15.4. The van der Waals surface area contributed by atoms with Crippen LogP contribution in [-0.4, -0.2) is 30.2 Å². The number of benzene rings is 2. The Hall–Kier alpha value is -3.25. The van der Waals surface area contributed by atoms with Crippen LogP contribution in [0.15, 0.2) is 60.9 Å². The van der Waals surface area contributed by atoms with Gasteiger partial charge in [-0.2, -0.15) is 0 Å². The number of halogens is 1. The van der Waals surface area contributed by atoms with E-state index in [1.807, 2.05) is 36.0 Å². The van der Waals surface area contributed by atoms with Gasteiger partial charge in [-0.05, 0) is 55.0 Å². The lowest BCUT2D eigenvalue weighted by molar-refractivity contribution is -0.119. The Morgan fingerprint density at radius 3 is 2.43 bits per heavy atom. The van der Waals surface area contributed by atoms with Crippen molar-refractivity contribution in [2.75, 3.05) is 19.0 Å². The van der Waals surface area contributed by atoms with Crippen LogP contribution in [0.4, 0.5) is 5.69 Å². The monoisotopic (exact) mass is 398 g/mol. The second kappa shape index (κ2) is 8.63. The molecule has 0 unspecified atom stereocenters. The summed E-state index contributed by atoms with van der Waals surface area (Å²) in [6.45, 7) is 1.40. The summed E-state index contributed by atoms with van der Waals surface area (Å²) < 4.78 is 12.2. The van der Waals surface area contributed by atoms with Crippen molar-refractivity contribution in [3.8, 4) is 11.4 Å². The molecule has 3 rings (SSSR count). The first-order valence-corrected chi connectivity index (χ1v) is 8.90. The maximum atomic E-state index is 12.2. The van der Waals surface area contributed by atoms with Crippen LogP contribution in [0.3, 0.4) is 0 Å². The van der Waals surface area contributed by atoms with Crippen LogP contribution >= 0.6 is 11.6 Å². The van der Waals surface area contributed by atoms with E-state index in [0.717, 1.165) is 11.3 Å². The van der Waals surface area contributed by atoms with Crippen LogP contribution < -0.4 is 10.1 Å². The van der Waals surface area contributed by atoms with Gasteiger partial charge in [0, 0.05) is 29.2 Å². The van der Waals surface area contributed by atoms with E-state index in [1.54, 1.807) is 36.4 Å². The van der Waals surface area contributed by atoms with Crippen LogP contribution in [-0.2, 0) is 9.53 Å². The zero-order valence-corrected chi connectivity index (χ0v) is 16.2. The molecule has 0 aliphatic rings. The highest BCUT2D eigenvalue weighted by Crippen LogP contribution is 2.30. The Morgan fingerprint density at radius 1 is 1.11 bits per heavy atom. The van der Waals surface area contributed by atoms with E-state index in [2.05, 4.69) is 5.32 Å². The number of methoxy groups -OCH3 is 1. The van der Waals surface area contributed by atoms with E-state index in [4.69, 9.17) is 21.1 Å². The topological polar surface area (TPSA) is 69.6 Å². The van der Waals surface area contributed by atoms with Gasteiger partial charge in [0.2, 0.25) is 0 Å². The zero-order chi connectivity index (χ0) is 20.1. The molecule has 1 heterocycles. The molecule has 3 aromatic rings. The van der Waals surface area contributed by atoms with E-state index in [-0.39, 0.29) is 0 Å². The van der Waals surface area contributed by atoms with Crippen molar-refractivity contribution < 1.29 is 19.1 Å². The molecule has 0 aliphatic carbocycles. The van der Waals surface area contributed by atoms with Gasteiger partial charge in [-0.1, -0.05) is 11.6 Å². The van der Waals surface area contributed by atoms with E-state index < -0.39 is 18.5 Å². The lowest BCUT2D eigenvalue weighted by atomic mass is 10.2. The van der Waals surface area contributed by atoms with Crippen molar-refractivity contribution in [1.82, 2.24) is 4.57 Å². The molecule has 0 fully saturated rings. The van der Waals surface area contributed by atoms with Gasteiger partial charge in [-0.3, -0.25) is 4.79 Å². The third-order valence-corrected chi connectivity index (χ3v) is 4.50. The summed E-state index contributed by atoms with van der Waals surface area (Å²) in [6.07, 6.45) is 3.81. The molecule has 7 heteroatoms. The van der Waals surface area contributed by atoms with Crippen molar-refractivity contribution >= 4 is 29.2 Å². The first-order valence-electron chi connectivity index (χ1n) is 8.52. The molecule has 0 bridgehead atoms. The largest absolute Gasteiger partial charge is 0.495 e. The maximum Gasteiger partial charge on any atom is 0.338 e. The number of carbonyl (C=O) groups excluding carboxylic acids is 2. The standard InChI is InChI=1S/C21H19ClN2O4/c1-14-11-18(19(27-2)12-17(14)22)23-20(25)13-28-21(26)15-5-7-16(8-6-15)24-9-3-4-10-24/h3-12H,13H2,1-2H3,(H,23,25). The predicted octanol–water partition coefficient (Wildman–Crippen LogP) is 4.24. The Labute approximate surface area is 167 Å². The lowest BCUT2D eigenvalue weighted by Gasteiger charge is -2.12. The van der Waals surface area contributed by atoms with Gasteiger partial charge in [0.15, 0.2) is 6.61 Å². The van der Waals surface area contributed by atoms with Crippen molar-refractivity contribution in [2.24, 2.45) is 0 Å². The summed E-state index contributed by atoms with van der Waals surface area (Å²) in [7, 11) is 1.48. The van der Waals surface area contributed by atoms with Gasteiger partial charge in [-0.15, -0.1) is 0 Å². The highest BCUT2D eigenvalue weighted by molar-refractivity contribution is 6.31. The second-order valence-corrected chi connectivity index (χ2v) is 6.47. The molecule has 1 amide bonds. The van der Waals surface area contributed by atoms with Crippen molar-refractivity contribution in [3.63, 3.8) is 0 Å². The third-order valence-electron chi connectivity index (χ3n) is 4.09. The van der Waals surface area contributed by atoms with E-state index >= 15 is 0 Å². The molecule has 0 spiro atoms. The Morgan fingerprint density at radius 2 is 1.79 bits per heavy atom. The highest BCUT2D eigenvalue weighted by Gasteiger charge is 2.13. The molecule has 0 saturated carbocycles. The third kappa shape index (κ3) is 4.53. The number of esters is 1. The van der Waals surface area contributed by atoms with Crippen LogP contribution in [0.2, 0.25) is 5.02 Å². The summed E-state index contributed by atoms with van der Waals surface area (Å²) >= 11 is 6.05. The van der Waals surface area contributed by atoms with E-state index in [9.17, 15) is 9.59 Å². The van der Waals surface area contributed by atoms with Crippen molar-refractivity contribution in [1.29, 1.82) is 0 Å². The second-order valence-electron chi connectivity index (χ2n) is 6.06. The van der Waals surface area contributed by atoms with Gasteiger partial charge in [0.25, 0.3) is 5.91 Å². The molecule has 1 N–H and O–H groups in total. The number of nitrogens with one attached hydrogen (secondary N) is 1. The summed E-state index contributed by atoms with van der Waals surface area (Å²) in [5.74, 6) is -0.623. The minimum Gasteiger partial charge on any atom is -0.495 e. The van der Waals surface area contributed by atoms with Gasteiger partial charge in [0.1, 0.15) is 5.75 Å². The average molecular weight is 399 g/mol. The quantitative estimate of drug-likeness (QED) is 0.630. The molecule has 6 nitrogen and oxygen atoms in total. The summed E-state index contributed by atoms with van der Waals surface area (Å²) in [5, 5.41) is 3.19. The molecule has 0 atom stereocenters. The maximum absolute atomic E-state index is 12.2.